The third-order valence-electron chi connectivity index (χ3n) is 2.35. The number of methoxy groups -OCH3 is 1. The maximum atomic E-state index is 11.9. The minimum atomic E-state index is -1.06. The molecule has 1 rings (SSSR count). The number of benzene rings is 1. The summed E-state index contributed by atoms with van der Waals surface area (Å²) in [5.41, 5.74) is 1.00. The van der Waals surface area contributed by atoms with Crippen molar-refractivity contribution in [2.75, 3.05) is 7.11 Å². The fourth-order valence-corrected chi connectivity index (χ4v) is 2.69. The Morgan fingerprint density at radius 1 is 1.41 bits per heavy atom. The van der Waals surface area contributed by atoms with Crippen LogP contribution in [0, 0.1) is 0 Å². The summed E-state index contributed by atoms with van der Waals surface area (Å²) in [7, 11) is 0.279. The summed E-state index contributed by atoms with van der Waals surface area (Å²) in [6, 6.07) is 7.68. The minimum absolute atomic E-state index is 0.189. The molecule has 2 atom stereocenters. The normalized spacial score (nSPS) is 14.1. The van der Waals surface area contributed by atoms with Gasteiger partial charge in [-0.05, 0) is 17.7 Å². The van der Waals surface area contributed by atoms with Crippen LogP contribution in [0.3, 0.4) is 0 Å². The highest BCUT2D eigenvalue weighted by Crippen LogP contribution is 2.14. The second-order valence-electron chi connectivity index (χ2n) is 3.74. The lowest BCUT2D eigenvalue weighted by atomic mass is 10.2. The molecule has 94 valence electrons. The molecule has 0 spiro atoms. The van der Waals surface area contributed by atoms with E-state index in [0.29, 0.717) is 5.75 Å². The summed E-state index contributed by atoms with van der Waals surface area (Å²) in [5, 5.41) is -0.189. The topological polar surface area (TPSA) is 43.4 Å². The van der Waals surface area contributed by atoms with Crippen molar-refractivity contribution in [1.82, 2.24) is 0 Å². The summed E-state index contributed by atoms with van der Waals surface area (Å²) in [5.74, 6) is 0.146. The van der Waals surface area contributed by atoms with Crippen LogP contribution in [0.1, 0.15) is 18.9 Å². The summed E-state index contributed by atoms with van der Waals surface area (Å²) in [6.45, 7) is 1.80. The second-order valence-corrected chi connectivity index (χ2v) is 6.51. The molecule has 1 aromatic carbocycles. The van der Waals surface area contributed by atoms with E-state index in [1.54, 1.807) is 6.92 Å². The van der Waals surface area contributed by atoms with Crippen LogP contribution in [0.4, 0.5) is 0 Å². The lowest BCUT2D eigenvalue weighted by molar-refractivity contribution is -0.140. The first kappa shape index (κ1) is 14.4. The fraction of sp³-hybridized carbons (Fsp3) is 0.417. The number of carbonyl (C=O) groups excluding carboxylic acids is 1. The lowest BCUT2D eigenvalue weighted by Gasteiger charge is -2.10. The van der Waals surface area contributed by atoms with Gasteiger partial charge >= 0.3 is 5.97 Å². The minimum Gasteiger partial charge on any atom is -0.469 e. The van der Waals surface area contributed by atoms with Crippen LogP contribution in [0.25, 0.3) is 0 Å². The average molecular weight is 319 g/mol. The first-order valence-corrected chi connectivity index (χ1v) is 7.39. The van der Waals surface area contributed by atoms with Crippen molar-refractivity contribution in [3.05, 3.63) is 34.3 Å². The molecule has 0 N–H and O–H groups in total. The Morgan fingerprint density at radius 2 is 2.00 bits per heavy atom. The molecule has 0 aliphatic rings. The van der Waals surface area contributed by atoms with E-state index >= 15 is 0 Å². The van der Waals surface area contributed by atoms with E-state index in [4.69, 9.17) is 0 Å². The molecule has 0 aromatic heterocycles. The molecule has 2 unspecified atom stereocenters. The zero-order valence-electron chi connectivity index (χ0n) is 9.81. The molecule has 0 aliphatic heterocycles. The van der Waals surface area contributed by atoms with Gasteiger partial charge in [0.2, 0.25) is 0 Å². The Balaban J connectivity index is 2.54. The standard InChI is InChI=1S/C12H15BrO3S/c1-9(7-12(14)16-2)17(15)8-10-3-5-11(13)6-4-10/h3-6,9H,7-8H2,1-2H3. The smallest absolute Gasteiger partial charge is 0.306 e. The van der Waals surface area contributed by atoms with Crippen LogP contribution in [0.15, 0.2) is 28.7 Å². The average Bonchev–Trinajstić information content (AvgIpc) is 2.31. The van der Waals surface area contributed by atoms with Crippen LogP contribution >= 0.6 is 15.9 Å². The van der Waals surface area contributed by atoms with Crippen molar-refractivity contribution in [1.29, 1.82) is 0 Å². The summed E-state index contributed by atoms with van der Waals surface area (Å²) in [6.07, 6.45) is 0.194. The van der Waals surface area contributed by atoms with Gasteiger partial charge in [0.25, 0.3) is 0 Å². The third-order valence-corrected chi connectivity index (χ3v) is 4.56. The predicted molar refractivity (Wildman–Crippen MR) is 72.1 cm³/mol. The molecule has 0 radical (unpaired) electrons. The van der Waals surface area contributed by atoms with Gasteiger partial charge in [0.15, 0.2) is 0 Å². The molecule has 3 nitrogen and oxygen atoms in total. The van der Waals surface area contributed by atoms with Gasteiger partial charge in [0.05, 0.1) is 13.5 Å². The van der Waals surface area contributed by atoms with Gasteiger partial charge < -0.3 is 4.74 Å². The van der Waals surface area contributed by atoms with Gasteiger partial charge in [-0.15, -0.1) is 0 Å². The quantitative estimate of drug-likeness (QED) is 0.784. The number of rotatable bonds is 5. The van der Waals surface area contributed by atoms with Crippen LogP contribution in [-0.2, 0) is 26.1 Å². The number of hydrogen-bond donors (Lipinski definition) is 0. The first-order chi connectivity index (χ1) is 8.02. The van der Waals surface area contributed by atoms with E-state index < -0.39 is 10.8 Å². The Hall–Kier alpha value is -0.680. The Labute approximate surface area is 112 Å². The van der Waals surface area contributed by atoms with Crippen molar-refractivity contribution >= 4 is 32.7 Å². The van der Waals surface area contributed by atoms with Crippen molar-refractivity contribution in [3.63, 3.8) is 0 Å². The SMILES string of the molecule is COC(=O)CC(C)S(=O)Cc1ccc(Br)cc1. The van der Waals surface area contributed by atoms with Crippen LogP contribution in [-0.4, -0.2) is 22.5 Å². The molecule has 17 heavy (non-hydrogen) atoms. The molecule has 1 aromatic rings. The van der Waals surface area contributed by atoms with Gasteiger partial charge in [0, 0.05) is 26.3 Å². The van der Waals surface area contributed by atoms with E-state index in [1.165, 1.54) is 7.11 Å². The van der Waals surface area contributed by atoms with Gasteiger partial charge in [0.1, 0.15) is 0 Å². The fourth-order valence-electron chi connectivity index (χ4n) is 1.30. The molecule has 0 amide bonds. The Morgan fingerprint density at radius 3 is 2.53 bits per heavy atom. The van der Waals surface area contributed by atoms with E-state index in [2.05, 4.69) is 20.7 Å². The predicted octanol–water partition coefficient (Wildman–Crippen LogP) is 2.65. The van der Waals surface area contributed by atoms with Crippen molar-refractivity contribution in [3.8, 4) is 0 Å². The first-order valence-electron chi connectivity index (χ1n) is 5.21. The van der Waals surface area contributed by atoms with E-state index in [-0.39, 0.29) is 17.6 Å². The Kier molecular flexibility index (Phi) is 5.85. The molecular weight excluding hydrogens is 304 g/mol. The van der Waals surface area contributed by atoms with Gasteiger partial charge in [-0.25, -0.2) is 0 Å². The zero-order valence-corrected chi connectivity index (χ0v) is 12.2. The van der Waals surface area contributed by atoms with Crippen LogP contribution < -0.4 is 0 Å². The van der Waals surface area contributed by atoms with Crippen molar-refractivity contribution in [2.24, 2.45) is 0 Å². The molecule has 0 bridgehead atoms. The summed E-state index contributed by atoms with van der Waals surface area (Å²) < 4.78 is 17.5. The monoisotopic (exact) mass is 318 g/mol. The van der Waals surface area contributed by atoms with E-state index in [1.807, 2.05) is 24.3 Å². The number of carbonyl (C=O) groups is 1. The Bertz CT molecular complexity index is 403. The summed E-state index contributed by atoms with van der Waals surface area (Å²) >= 11 is 3.35. The number of halogens is 1. The maximum Gasteiger partial charge on any atom is 0.306 e. The van der Waals surface area contributed by atoms with Gasteiger partial charge in [-0.3, -0.25) is 9.00 Å². The highest BCUT2D eigenvalue weighted by Gasteiger charge is 2.16. The maximum absolute atomic E-state index is 11.9. The molecule has 0 heterocycles. The third kappa shape index (κ3) is 5.00. The lowest BCUT2D eigenvalue weighted by Crippen LogP contribution is -2.18. The molecule has 0 saturated carbocycles. The van der Waals surface area contributed by atoms with Crippen LogP contribution in [0.5, 0.6) is 0 Å². The van der Waals surface area contributed by atoms with Gasteiger partial charge in [-0.2, -0.15) is 0 Å². The van der Waals surface area contributed by atoms with E-state index in [9.17, 15) is 9.00 Å². The highest BCUT2D eigenvalue weighted by molar-refractivity contribution is 9.10. The highest BCUT2D eigenvalue weighted by atomic mass is 79.9. The molecule has 0 saturated heterocycles. The van der Waals surface area contributed by atoms with E-state index in [0.717, 1.165) is 10.0 Å². The second kappa shape index (κ2) is 6.91. The van der Waals surface area contributed by atoms with Crippen LogP contribution in [0.2, 0.25) is 0 Å². The number of ether oxygens (including phenoxy) is 1. The number of hydrogen-bond acceptors (Lipinski definition) is 3. The number of esters is 1. The summed E-state index contributed by atoms with van der Waals surface area (Å²) in [4.78, 5) is 11.1. The molecule has 5 heteroatoms. The largest absolute Gasteiger partial charge is 0.469 e. The van der Waals surface area contributed by atoms with Crippen molar-refractivity contribution in [2.45, 2.75) is 24.3 Å². The molecular formula is C12H15BrO3S. The van der Waals surface area contributed by atoms with Gasteiger partial charge in [-0.1, -0.05) is 35.0 Å². The molecule has 0 aliphatic carbocycles. The van der Waals surface area contributed by atoms with Crippen molar-refractivity contribution < 1.29 is 13.7 Å². The zero-order chi connectivity index (χ0) is 12.8. The molecule has 0 fully saturated rings.